The molecule has 1 aromatic carbocycles. The lowest BCUT2D eigenvalue weighted by Crippen LogP contribution is -2.35. The number of pyridine rings is 1. The third-order valence-electron chi connectivity index (χ3n) is 3.11. The van der Waals surface area contributed by atoms with Crippen LogP contribution in [-0.2, 0) is 9.53 Å². The second kappa shape index (κ2) is 6.77. The number of benzene rings is 1. The summed E-state index contributed by atoms with van der Waals surface area (Å²) in [5.74, 6) is 0.338. The van der Waals surface area contributed by atoms with Gasteiger partial charge >= 0.3 is 5.97 Å². The Kier molecular flexibility index (Phi) is 5.01. The van der Waals surface area contributed by atoms with Gasteiger partial charge in [-0.15, -0.1) is 0 Å². The monoisotopic (exact) mass is 301 g/mol. The van der Waals surface area contributed by atoms with E-state index in [1.165, 1.54) is 0 Å². The molecule has 0 aliphatic carbocycles. The predicted molar refractivity (Wildman–Crippen MR) is 86.9 cm³/mol. The van der Waals surface area contributed by atoms with Crippen molar-refractivity contribution >= 4 is 16.7 Å². The highest BCUT2D eigenvalue weighted by molar-refractivity contribution is 5.83. The molecule has 22 heavy (non-hydrogen) atoms. The molecule has 0 fully saturated rings. The minimum atomic E-state index is -0.585. The number of hydrogen-bond acceptors (Lipinski definition) is 4. The lowest BCUT2D eigenvalue weighted by Gasteiger charge is -2.24. The maximum absolute atomic E-state index is 12.3. The van der Waals surface area contributed by atoms with E-state index in [1.54, 1.807) is 12.4 Å². The van der Waals surface area contributed by atoms with Gasteiger partial charge in [0.1, 0.15) is 11.4 Å². The first-order valence-corrected chi connectivity index (χ1v) is 7.62. The minimum absolute atomic E-state index is 0.319. The molecule has 0 N–H and O–H groups in total. The molecule has 118 valence electrons. The number of esters is 1. The van der Waals surface area contributed by atoms with Crippen molar-refractivity contribution in [3.8, 4) is 5.75 Å². The molecule has 0 amide bonds. The summed E-state index contributed by atoms with van der Waals surface area (Å²) in [5.41, 5.74) is -0.514. The van der Waals surface area contributed by atoms with E-state index in [-0.39, 0.29) is 5.97 Å². The van der Waals surface area contributed by atoms with Gasteiger partial charge in [0.25, 0.3) is 0 Å². The molecular weight excluding hydrogens is 278 g/mol. The van der Waals surface area contributed by atoms with Gasteiger partial charge in [-0.1, -0.05) is 19.4 Å². The second-order valence-corrected chi connectivity index (χ2v) is 6.31. The molecule has 4 heteroatoms. The van der Waals surface area contributed by atoms with Gasteiger partial charge in [-0.25, -0.2) is 4.79 Å². The number of carbonyl (C=O) groups is 1. The summed E-state index contributed by atoms with van der Waals surface area (Å²) in [6.45, 7) is 7.59. The standard InChI is InChI=1S/C18H23NO3/c1-5-6-16(17(20)22-18(2,3)4)21-15-8-7-13-9-10-19-12-14(13)11-15/h7-12,16H,5-6H2,1-4H3/t16-/m1/s1. The van der Waals surface area contributed by atoms with E-state index in [0.29, 0.717) is 12.2 Å². The SMILES string of the molecule is CCC[C@@H](Oc1ccc2ccncc2c1)C(=O)OC(C)(C)C. The number of carbonyl (C=O) groups excluding carboxylic acids is 1. The van der Waals surface area contributed by atoms with Crippen molar-refractivity contribution in [2.24, 2.45) is 0 Å². The van der Waals surface area contributed by atoms with Crippen molar-refractivity contribution in [3.05, 3.63) is 36.7 Å². The Morgan fingerprint density at radius 1 is 1.23 bits per heavy atom. The molecule has 0 unspecified atom stereocenters. The lowest BCUT2D eigenvalue weighted by molar-refractivity contribution is -0.163. The molecule has 0 aliphatic rings. The van der Waals surface area contributed by atoms with E-state index in [9.17, 15) is 4.79 Å². The molecule has 0 saturated carbocycles. The first-order chi connectivity index (χ1) is 10.4. The Morgan fingerprint density at radius 3 is 2.68 bits per heavy atom. The number of fused-ring (bicyclic) bond motifs is 1. The maximum atomic E-state index is 12.3. The smallest absolute Gasteiger partial charge is 0.347 e. The molecular formula is C18H23NO3. The van der Waals surface area contributed by atoms with Crippen LogP contribution in [0.5, 0.6) is 5.75 Å². The van der Waals surface area contributed by atoms with E-state index >= 15 is 0 Å². The van der Waals surface area contributed by atoms with Crippen molar-refractivity contribution in [1.82, 2.24) is 4.98 Å². The van der Waals surface area contributed by atoms with Crippen LogP contribution in [0.4, 0.5) is 0 Å². The highest BCUT2D eigenvalue weighted by Gasteiger charge is 2.26. The van der Waals surface area contributed by atoms with Gasteiger partial charge < -0.3 is 9.47 Å². The molecule has 1 atom stereocenters. The van der Waals surface area contributed by atoms with Gasteiger partial charge in [-0.2, -0.15) is 0 Å². The third kappa shape index (κ3) is 4.45. The van der Waals surface area contributed by atoms with Crippen LogP contribution in [-0.4, -0.2) is 22.7 Å². The summed E-state index contributed by atoms with van der Waals surface area (Å²) in [5, 5.41) is 2.08. The lowest BCUT2D eigenvalue weighted by atomic mass is 10.1. The fraction of sp³-hybridized carbons (Fsp3) is 0.444. The Morgan fingerprint density at radius 2 is 2.00 bits per heavy atom. The zero-order chi connectivity index (χ0) is 16.2. The van der Waals surface area contributed by atoms with Crippen LogP contribution in [0.2, 0.25) is 0 Å². The van der Waals surface area contributed by atoms with Crippen LogP contribution in [0, 0.1) is 0 Å². The van der Waals surface area contributed by atoms with E-state index in [0.717, 1.165) is 17.2 Å². The molecule has 2 rings (SSSR count). The van der Waals surface area contributed by atoms with Crippen LogP contribution in [0.3, 0.4) is 0 Å². The van der Waals surface area contributed by atoms with Gasteiger partial charge in [0, 0.05) is 17.8 Å². The highest BCUT2D eigenvalue weighted by atomic mass is 16.6. The summed E-state index contributed by atoms with van der Waals surface area (Å²) in [4.78, 5) is 16.4. The van der Waals surface area contributed by atoms with E-state index < -0.39 is 11.7 Å². The number of ether oxygens (including phenoxy) is 2. The van der Waals surface area contributed by atoms with Crippen molar-refractivity contribution in [1.29, 1.82) is 0 Å². The van der Waals surface area contributed by atoms with Crippen molar-refractivity contribution < 1.29 is 14.3 Å². The normalized spacial score (nSPS) is 12.9. The quantitative estimate of drug-likeness (QED) is 0.779. The molecule has 2 aromatic rings. The van der Waals surface area contributed by atoms with E-state index in [1.807, 2.05) is 52.0 Å². The summed E-state index contributed by atoms with van der Waals surface area (Å²) < 4.78 is 11.3. The Balaban J connectivity index is 2.16. The van der Waals surface area contributed by atoms with Gasteiger partial charge in [-0.3, -0.25) is 4.98 Å². The highest BCUT2D eigenvalue weighted by Crippen LogP contribution is 2.22. The first-order valence-electron chi connectivity index (χ1n) is 7.62. The van der Waals surface area contributed by atoms with Gasteiger partial charge in [0.2, 0.25) is 0 Å². The molecule has 0 saturated heterocycles. The van der Waals surface area contributed by atoms with Crippen molar-refractivity contribution in [3.63, 3.8) is 0 Å². The number of rotatable bonds is 5. The zero-order valence-corrected chi connectivity index (χ0v) is 13.6. The van der Waals surface area contributed by atoms with Crippen molar-refractivity contribution in [2.45, 2.75) is 52.2 Å². The first kappa shape index (κ1) is 16.3. The van der Waals surface area contributed by atoms with Crippen LogP contribution in [0.15, 0.2) is 36.7 Å². The zero-order valence-electron chi connectivity index (χ0n) is 13.6. The minimum Gasteiger partial charge on any atom is -0.479 e. The predicted octanol–water partition coefficient (Wildman–Crippen LogP) is 4.12. The van der Waals surface area contributed by atoms with Crippen LogP contribution < -0.4 is 4.74 Å². The molecule has 4 nitrogen and oxygen atoms in total. The molecule has 0 bridgehead atoms. The average Bonchev–Trinajstić information content (AvgIpc) is 2.45. The fourth-order valence-corrected chi connectivity index (χ4v) is 2.16. The van der Waals surface area contributed by atoms with Gasteiger partial charge in [0.05, 0.1) is 0 Å². The largest absolute Gasteiger partial charge is 0.479 e. The molecule has 1 aromatic heterocycles. The van der Waals surface area contributed by atoms with Crippen LogP contribution >= 0.6 is 0 Å². The molecule has 0 spiro atoms. The topological polar surface area (TPSA) is 48.4 Å². The summed E-state index contributed by atoms with van der Waals surface area (Å²) in [6.07, 6.45) is 4.42. The molecule has 0 aliphatic heterocycles. The molecule has 0 radical (unpaired) electrons. The fourth-order valence-electron chi connectivity index (χ4n) is 2.16. The van der Waals surface area contributed by atoms with Crippen molar-refractivity contribution in [2.75, 3.05) is 0 Å². The number of aromatic nitrogens is 1. The second-order valence-electron chi connectivity index (χ2n) is 6.31. The van der Waals surface area contributed by atoms with E-state index in [2.05, 4.69) is 4.98 Å². The van der Waals surface area contributed by atoms with Crippen LogP contribution in [0.25, 0.3) is 10.8 Å². The summed E-state index contributed by atoms with van der Waals surface area (Å²) >= 11 is 0. The number of nitrogens with zero attached hydrogens (tertiary/aromatic N) is 1. The number of hydrogen-bond donors (Lipinski definition) is 0. The maximum Gasteiger partial charge on any atom is 0.347 e. The van der Waals surface area contributed by atoms with Crippen LogP contribution in [0.1, 0.15) is 40.5 Å². The Labute approximate surface area is 131 Å². The third-order valence-corrected chi connectivity index (χ3v) is 3.11. The Bertz CT molecular complexity index is 646. The van der Waals surface area contributed by atoms with Gasteiger partial charge in [0.15, 0.2) is 6.10 Å². The molecule has 1 heterocycles. The summed E-state index contributed by atoms with van der Waals surface area (Å²) in [6, 6.07) is 7.67. The average molecular weight is 301 g/mol. The Hall–Kier alpha value is -2.10. The summed E-state index contributed by atoms with van der Waals surface area (Å²) in [7, 11) is 0. The van der Waals surface area contributed by atoms with E-state index in [4.69, 9.17) is 9.47 Å². The van der Waals surface area contributed by atoms with Gasteiger partial charge in [-0.05, 0) is 50.8 Å².